The van der Waals surface area contributed by atoms with Crippen LogP contribution in [0.25, 0.3) is 0 Å². The number of ether oxygens (including phenoxy) is 2. The van der Waals surface area contributed by atoms with Crippen LogP contribution in [0.15, 0.2) is 42.5 Å². The van der Waals surface area contributed by atoms with E-state index in [0.717, 1.165) is 18.4 Å². The highest BCUT2D eigenvalue weighted by Gasteiger charge is 2.30. The Bertz CT molecular complexity index is 1000. The van der Waals surface area contributed by atoms with E-state index in [4.69, 9.17) is 9.47 Å². The molecule has 0 aromatic heterocycles. The number of carbonyl (C=O) groups excluding carboxylic acids is 3. The van der Waals surface area contributed by atoms with Crippen LogP contribution in [0.5, 0.6) is 5.75 Å². The molecule has 0 fully saturated rings. The minimum absolute atomic E-state index is 0.192. The summed E-state index contributed by atoms with van der Waals surface area (Å²) in [6, 6.07) is 13.1. The monoisotopic (exact) mass is 422 g/mol. The average molecular weight is 422 g/mol. The molecule has 1 heterocycles. The maximum Gasteiger partial charge on any atom is 0.310 e. The van der Waals surface area contributed by atoms with Gasteiger partial charge in [0, 0.05) is 0 Å². The van der Waals surface area contributed by atoms with Gasteiger partial charge >= 0.3 is 5.97 Å². The van der Waals surface area contributed by atoms with Crippen molar-refractivity contribution in [2.24, 2.45) is 0 Å². The molecule has 2 aromatic rings. The molecule has 0 spiro atoms. The van der Waals surface area contributed by atoms with Gasteiger partial charge in [-0.1, -0.05) is 30.3 Å². The second-order valence-corrected chi connectivity index (χ2v) is 7.98. The molecular weight excluding hydrogens is 396 g/mol. The number of esters is 1. The fraction of sp³-hybridized carbons (Fsp3) is 0.375. The van der Waals surface area contributed by atoms with Gasteiger partial charge in [-0.15, -0.1) is 0 Å². The highest BCUT2D eigenvalue weighted by Crippen LogP contribution is 2.29. The largest absolute Gasteiger partial charge is 0.478 e. The molecule has 1 aliphatic heterocycles. The van der Waals surface area contributed by atoms with Gasteiger partial charge in [-0.3, -0.25) is 14.4 Å². The molecule has 7 heteroatoms. The first-order valence-corrected chi connectivity index (χ1v) is 10.6. The molecule has 0 saturated heterocycles. The standard InChI is InChI=1S/C24H26N2O5/c1-15(17-11-10-16-6-2-3-7-18(16)12-17)25-22(27)14-30-23(28)13-21-24(29)26-19-8-4-5-9-20(19)31-21/h4-5,8-12,15,21H,2-3,6-7,13-14H2,1H3,(H,25,27)(H,26,29)/t15-,21+/m0/s1. The summed E-state index contributed by atoms with van der Waals surface area (Å²) in [5, 5.41) is 5.55. The van der Waals surface area contributed by atoms with Gasteiger partial charge in [0.05, 0.1) is 18.2 Å². The predicted octanol–water partition coefficient (Wildman–Crippen LogP) is 3.08. The van der Waals surface area contributed by atoms with E-state index in [0.29, 0.717) is 11.4 Å². The van der Waals surface area contributed by atoms with E-state index in [1.54, 1.807) is 24.3 Å². The van der Waals surface area contributed by atoms with Crippen molar-refractivity contribution in [3.63, 3.8) is 0 Å². The smallest absolute Gasteiger partial charge is 0.310 e. The summed E-state index contributed by atoms with van der Waals surface area (Å²) in [7, 11) is 0. The first-order chi connectivity index (χ1) is 15.0. The minimum Gasteiger partial charge on any atom is -0.478 e. The van der Waals surface area contributed by atoms with Crippen LogP contribution in [0, 0.1) is 0 Å². The van der Waals surface area contributed by atoms with Gasteiger partial charge < -0.3 is 20.1 Å². The summed E-state index contributed by atoms with van der Waals surface area (Å²) in [4.78, 5) is 36.5. The third-order valence-electron chi connectivity index (χ3n) is 5.67. The summed E-state index contributed by atoms with van der Waals surface area (Å²) in [5.74, 6) is -0.980. The van der Waals surface area contributed by atoms with E-state index in [1.165, 1.54) is 24.0 Å². The van der Waals surface area contributed by atoms with Gasteiger partial charge in [0.2, 0.25) is 0 Å². The molecule has 2 amide bonds. The van der Waals surface area contributed by atoms with Gasteiger partial charge in [0.1, 0.15) is 5.75 Å². The van der Waals surface area contributed by atoms with Crippen molar-refractivity contribution < 1.29 is 23.9 Å². The number of hydrogen-bond acceptors (Lipinski definition) is 5. The Morgan fingerprint density at radius 1 is 1.16 bits per heavy atom. The fourth-order valence-corrected chi connectivity index (χ4v) is 3.97. The lowest BCUT2D eigenvalue weighted by atomic mass is 9.89. The molecule has 7 nitrogen and oxygen atoms in total. The maximum atomic E-state index is 12.2. The lowest BCUT2D eigenvalue weighted by Gasteiger charge is -2.25. The van der Waals surface area contributed by atoms with Gasteiger partial charge in [0.25, 0.3) is 11.8 Å². The number of benzene rings is 2. The zero-order valence-corrected chi connectivity index (χ0v) is 17.5. The quantitative estimate of drug-likeness (QED) is 0.698. The molecular formula is C24H26N2O5. The summed E-state index contributed by atoms with van der Waals surface area (Å²) < 4.78 is 10.6. The van der Waals surface area contributed by atoms with Crippen LogP contribution >= 0.6 is 0 Å². The number of aryl methyl sites for hydroxylation is 2. The Balaban J connectivity index is 1.25. The van der Waals surface area contributed by atoms with Gasteiger partial charge in [-0.05, 0) is 61.4 Å². The van der Waals surface area contributed by atoms with E-state index >= 15 is 0 Å². The van der Waals surface area contributed by atoms with Gasteiger partial charge in [0.15, 0.2) is 12.7 Å². The molecule has 162 valence electrons. The fourth-order valence-electron chi connectivity index (χ4n) is 3.97. The number of rotatable bonds is 6. The van der Waals surface area contributed by atoms with E-state index < -0.39 is 30.5 Å². The number of hydrogen-bond donors (Lipinski definition) is 2. The van der Waals surface area contributed by atoms with Crippen LogP contribution in [-0.4, -0.2) is 30.5 Å². The molecule has 31 heavy (non-hydrogen) atoms. The third kappa shape index (κ3) is 5.05. The van der Waals surface area contributed by atoms with Crippen LogP contribution in [0.4, 0.5) is 5.69 Å². The summed E-state index contributed by atoms with van der Waals surface area (Å²) in [5.41, 5.74) is 4.33. The maximum absolute atomic E-state index is 12.2. The van der Waals surface area contributed by atoms with Crippen molar-refractivity contribution in [1.29, 1.82) is 0 Å². The van der Waals surface area contributed by atoms with Crippen molar-refractivity contribution in [3.8, 4) is 5.75 Å². The molecule has 0 saturated carbocycles. The summed E-state index contributed by atoms with van der Waals surface area (Å²) in [6.07, 6.45) is 3.35. The van der Waals surface area contributed by atoms with Crippen molar-refractivity contribution in [3.05, 3.63) is 59.2 Å². The first-order valence-electron chi connectivity index (χ1n) is 10.6. The van der Waals surface area contributed by atoms with Gasteiger partial charge in [-0.2, -0.15) is 0 Å². The van der Waals surface area contributed by atoms with E-state index in [-0.39, 0.29) is 12.5 Å². The lowest BCUT2D eigenvalue weighted by molar-refractivity contribution is -0.151. The zero-order valence-electron chi connectivity index (χ0n) is 17.5. The number of para-hydroxylation sites is 2. The van der Waals surface area contributed by atoms with Crippen molar-refractivity contribution in [2.75, 3.05) is 11.9 Å². The van der Waals surface area contributed by atoms with Gasteiger partial charge in [-0.25, -0.2) is 0 Å². The Labute approximate surface area is 181 Å². The van der Waals surface area contributed by atoms with E-state index in [1.807, 2.05) is 13.0 Å². The second-order valence-electron chi connectivity index (χ2n) is 7.98. The van der Waals surface area contributed by atoms with Crippen LogP contribution in [0.3, 0.4) is 0 Å². The van der Waals surface area contributed by atoms with Crippen molar-refractivity contribution in [2.45, 2.75) is 51.2 Å². The SMILES string of the molecule is C[C@H](NC(=O)COC(=O)C[C@H]1Oc2ccccc2NC1=O)c1ccc2c(c1)CCCC2. The minimum atomic E-state index is -0.986. The Morgan fingerprint density at radius 2 is 1.94 bits per heavy atom. The number of fused-ring (bicyclic) bond motifs is 2. The lowest BCUT2D eigenvalue weighted by Crippen LogP contribution is -2.39. The van der Waals surface area contributed by atoms with E-state index in [2.05, 4.69) is 22.8 Å². The van der Waals surface area contributed by atoms with Crippen LogP contribution in [-0.2, 0) is 32.0 Å². The highest BCUT2D eigenvalue weighted by atomic mass is 16.5. The number of nitrogens with one attached hydrogen (secondary N) is 2. The highest BCUT2D eigenvalue weighted by molar-refractivity contribution is 5.99. The van der Waals surface area contributed by atoms with Crippen molar-refractivity contribution >= 4 is 23.5 Å². The van der Waals surface area contributed by atoms with E-state index in [9.17, 15) is 14.4 Å². The third-order valence-corrected chi connectivity index (χ3v) is 5.67. The zero-order chi connectivity index (χ0) is 21.8. The number of amides is 2. The molecule has 2 N–H and O–H groups in total. The molecule has 2 aromatic carbocycles. The topological polar surface area (TPSA) is 93.7 Å². The Kier molecular flexibility index (Phi) is 6.21. The number of carbonyl (C=O) groups is 3. The first kappa shape index (κ1) is 20.9. The summed E-state index contributed by atoms with van der Waals surface area (Å²) >= 11 is 0. The Morgan fingerprint density at radius 3 is 2.77 bits per heavy atom. The molecule has 2 atom stereocenters. The molecule has 0 unspecified atom stereocenters. The molecule has 2 aliphatic rings. The van der Waals surface area contributed by atoms with Crippen LogP contribution < -0.4 is 15.4 Å². The number of anilines is 1. The second kappa shape index (κ2) is 9.20. The molecule has 0 bridgehead atoms. The molecule has 4 rings (SSSR count). The van der Waals surface area contributed by atoms with Crippen molar-refractivity contribution in [1.82, 2.24) is 5.32 Å². The van der Waals surface area contributed by atoms with Crippen LogP contribution in [0.1, 0.15) is 48.9 Å². The Hall–Kier alpha value is -3.35. The van der Waals surface area contributed by atoms with Crippen LogP contribution in [0.2, 0.25) is 0 Å². The summed E-state index contributed by atoms with van der Waals surface area (Å²) in [6.45, 7) is 1.50. The molecule has 1 aliphatic carbocycles. The predicted molar refractivity (Wildman–Crippen MR) is 115 cm³/mol. The average Bonchev–Trinajstić information content (AvgIpc) is 2.78. The molecule has 0 radical (unpaired) electrons. The normalized spacial score (nSPS) is 18.0.